The molecule has 1 saturated heterocycles. The van der Waals surface area contributed by atoms with E-state index in [1.807, 2.05) is 18.2 Å². The van der Waals surface area contributed by atoms with E-state index < -0.39 is 0 Å². The van der Waals surface area contributed by atoms with Crippen molar-refractivity contribution in [1.29, 1.82) is 0 Å². The third-order valence-corrected chi connectivity index (χ3v) is 4.79. The number of anilines is 2. The zero-order chi connectivity index (χ0) is 18.5. The average Bonchev–Trinajstić information content (AvgIpc) is 2.63. The molecule has 26 heavy (non-hydrogen) atoms. The van der Waals surface area contributed by atoms with Crippen LogP contribution < -0.4 is 15.5 Å². The van der Waals surface area contributed by atoms with E-state index in [4.69, 9.17) is 23.8 Å². The summed E-state index contributed by atoms with van der Waals surface area (Å²) in [6.45, 7) is 3.95. The van der Waals surface area contributed by atoms with Crippen molar-refractivity contribution in [2.45, 2.75) is 0 Å². The van der Waals surface area contributed by atoms with Crippen LogP contribution >= 0.6 is 23.8 Å². The first kappa shape index (κ1) is 18.6. The van der Waals surface area contributed by atoms with Crippen molar-refractivity contribution in [3.63, 3.8) is 0 Å². The lowest BCUT2D eigenvalue weighted by atomic mass is 10.2. The first-order valence-corrected chi connectivity index (χ1v) is 9.22. The van der Waals surface area contributed by atoms with Gasteiger partial charge in [0.1, 0.15) is 0 Å². The number of rotatable bonds is 3. The van der Waals surface area contributed by atoms with Crippen LogP contribution in [0, 0.1) is 0 Å². The molecule has 0 saturated carbocycles. The van der Waals surface area contributed by atoms with Crippen molar-refractivity contribution in [1.82, 2.24) is 10.2 Å². The minimum absolute atomic E-state index is 0.267. The molecule has 2 aromatic rings. The number of amides is 1. The molecule has 0 spiro atoms. The summed E-state index contributed by atoms with van der Waals surface area (Å²) in [7, 11) is 2.13. The van der Waals surface area contributed by atoms with Crippen LogP contribution in [0.3, 0.4) is 0 Å². The van der Waals surface area contributed by atoms with Crippen LogP contribution in [-0.4, -0.2) is 49.1 Å². The van der Waals surface area contributed by atoms with E-state index in [1.165, 1.54) is 0 Å². The van der Waals surface area contributed by atoms with Crippen LogP contribution in [-0.2, 0) is 0 Å². The van der Waals surface area contributed by atoms with Crippen LogP contribution in [0.5, 0.6) is 0 Å². The van der Waals surface area contributed by atoms with Crippen LogP contribution in [0.25, 0.3) is 0 Å². The SMILES string of the molecule is CN1CCN(c2ccccc2NC(=S)NC(=O)c2ccc(Cl)cc2)CC1. The van der Waals surface area contributed by atoms with E-state index in [-0.39, 0.29) is 11.0 Å². The fraction of sp³-hybridized carbons (Fsp3) is 0.263. The van der Waals surface area contributed by atoms with E-state index >= 15 is 0 Å². The molecule has 5 nitrogen and oxygen atoms in total. The molecule has 7 heteroatoms. The molecule has 1 heterocycles. The highest BCUT2D eigenvalue weighted by Gasteiger charge is 2.17. The molecule has 1 aliphatic heterocycles. The Morgan fingerprint density at radius 2 is 1.69 bits per heavy atom. The number of hydrogen-bond acceptors (Lipinski definition) is 4. The third kappa shape index (κ3) is 4.72. The van der Waals surface area contributed by atoms with Gasteiger partial charge in [-0.3, -0.25) is 10.1 Å². The number of nitrogens with zero attached hydrogens (tertiary/aromatic N) is 2. The second-order valence-electron chi connectivity index (χ2n) is 6.22. The highest BCUT2D eigenvalue weighted by atomic mass is 35.5. The second-order valence-corrected chi connectivity index (χ2v) is 7.07. The first-order valence-electron chi connectivity index (χ1n) is 8.43. The number of likely N-dealkylation sites (N-methyl/N-ethyl adjacent to an activating group) is 1. The van der Waals surface area contributed by atoms with Gasteiger partial charge in [0.15, 0.2) is 5.11 Å². The minimum Gasteiger partial charge on any atom is -0.367 e. The third-order valence-electron chi connectivity index (χ3n) is 4.33. The molecule has 0 aromatic heterocycles. The zero-order valence-electron chi connectivity index (χ0n) is 14.5. The van der Waals surface area contributed by atoms with Gasteiger partial charge in [0.2, 0.25) is 0 Å². The maximum Gasteiger partial charge on any atom is 0.257 e. The quantitative estimate of drug-likeness (QED) is 0.790. The highest BCUT2D eigenvalue weighted by Crippen LogP contribution is 2.26. The van der Waals surface area contributed by atoms with Gasteiger partial charge in [-0.25, -0.2) is 0 Å². The van der Waals surface area contributed by atoms with Crippen LogP contribution in [0.15, 0.2) is 48.5 Å². The zero-order valence-corrected chi connectivity index (χ0v) is 16.1. The Hall–Kier alpha value is -2.15. The summed E-state index contributed by atoms with van der Waals surface area (Å²) in [4.78, 5) is 16.9. The average molecular weight is 389 g/mol. The Morgan fingerprint density at radius 1 is 1.04 bits per heavy atom. The van der Waals surface area contributed by atoms with Gasteiger partial charge in [-0.2, -0.15) is 0 Å². The molecule has 1 fully saturated rings. The maximum atomic E-state index is 12.3. The van der Waals surface area contributed by atoms with E-state index in [2.05, 4.69) is 33.5 Å². The van der Waals surface area contributed by atoms with E-state index in [0.29, 0.717) is 10.6 Å². The molecular formula is C19H21ClN4OS. The fourth-order valence-corrected chi connectivity index (χ4v) is 3.16. The topological polar surface area (TPSA) is 47.6 Å². The van der Waals surface area contributed by atoms with Gasteiger partial charge in [0.25, 0.3) is 5.91 Å². The van der Waals surface area contributed by atoms with Crippen molar-refractivity contribution < 1.29 is 4.79 Å². The lowest BCUT2D eigenvalue weighted by Crippen LogP contribution is -2.45. The Kier molecular flexibility index (Phi) is 6.08. The summed E-state index contributed by atoms with van der Waals surface area (Å²) < 4.78 is 0. The van der Waals surface area contributed by atoms with Gasteiger partial charge >= 0.3 is 0 Å². The number of benzene rings is 2. The summed E-state index contributed by atoms with van der Waals surface area (Å²) in [6.07, 6.45) is 0. The summed E-state index contributed by atoms with van der Waals surface area (Å²) >= 11 is 11.2. The maximum absolute atomic E-state index is 12.3. The van der Waals surface area contributed by atoms with E-state index in [9.17, 15) is 4.79 Å². The molecule has 0 aliphatic carbocycles. The molecule has 1 amide bonds. The summed E-state index contributed by atoms with van der Waals surface area (Å²) in [5.74, 6) is -0.267. The summed E-state index contributed by atoms with van der Waals surface area (Å²) in [6, 6.07) is 14.7. The predicted octanol–water partition coefficient (Wildman–Crippen LogP) is 3.22. The van der Waals surface area contributed by atoms with Crippen molar-refractivity contribution >= 4 is 46.2 Å². The molecule has 2 N–H and O–H groups in total. The fourth-order valence-electron chi connectivity index (χ4n) is 2.83. The van der Waals surface area contributed by atoms with E-state index in [0.717, 1.165) is 37.6 Å². The normalized spacial score (nSPS) is 14.8. The number of thiocarbonyl (C=S) groups is 1. The molecular weight excluding hydrogens is 368 g/mol. The molecule has 1 aliphatic rings. The standard InChI is InChI=1S/C19H21ClN4OS/c1-23-10-12-24(13-11-23)17-5-3-2-4-16(17)21-19(26)22-18(25)14-6-8-15(20)9-7-14/h2-9H,10-13H2,1H3,(H2,21,22,25,26). The Balaban J connectivity index is 1.66. The van der Waals surface area contributed by atoms with Gasteiger partial charge in [-0.05, 0) is 55.7 Å². The lowest BCUT2D eigenvalue weighted by Gasteiger charge is -2.35. The predicted molar refractivity (Wildman–Crippen MR) is 111 cm³/mol. The van der Waals surface area contributed by atoms with Crippen molar-refractivity contribution in [3.8, 4) is 0 Å². The minimum atomic E-state index is -0.267. The molecule has 0 bridgehead atoms. The van der Waals surface area contributed by atoms with Gasteiger partial charge < -0.3 is 15.1 Å². The number of para-hydroxylation sites is 2. The Morgan fingerprint density at radius 3 is 2.38 bits per heavy atom. The van der Waals surface area contributed by atoms with Gasteiger partial charge in [-0.15, -0.1) is 0 Å². The Labute approximate surface area is 163 Å². The van der Waals surface area contributed by atoms with E-state index in [1.54, 1.807) is 24.3 Å². The highest BCUT2D eigenvalue weighted by molar-refractivity contribution is 7.80. The first-order chi connectivity index (χ1) is 12.5. The van der Waals surface area contributed by atoms with Gasteiger partial charge in [0, 0.05) is 36.8 Å². The number of hydrogen-bond donors (Lipinski definition) is 2. The number of piperazine rings is 1. The lowest BCUT2D eigenvalue weighted by molar-refractivity contribution is 0.0978. The van der Waals surface area contributed by atoms with Crippen LogP contribution in [0.1, 0.15) is 10.4 Å². The summed E-state index contributed by atoms with van der Waals surface area (Å²) in [5, 5.41) is 6.72. The van der Waals surface area contributed by atoms with Crippen LogP contribution in [0.2, 0.25) is 5.02 Å². The van der Waals surface area contributed by atoms with Crippen LogP contribution in [0.4, 0.5) is 11.4 Å². The Bertz CT molecular complexity index is 788. The van der Waals surface area contributed by atoms with Gasteiger partial charge in [0.05, 0.1) is 11.4 Å². The number of carbonyl (C=O) groups excluding carboxylic acids is 1. The number of halogens is 1. The molecule has 2 aromatic carbocycles. The molecule has 0 unspecified atom stereocenters. The summed E-state index contributed by atoms with van der Waals surface area (Å²) in [5.41, 5.74) is 2.48. The molecule has 3 rings (SSSR count). The smallest absolute Gasteiger partial charge is 0.257 e. The van der Waals surface area contributed by atoms with Crippen molar-refractivity contribution in [3.05, 3.63) is 59.1 Å². The number of nitrogens with one attached hydrogen (secondary N) is 2. The van der Waals surface area contributed by atoms with Crippen molar-refractivity contribution in [2.75, 3.05) is 43.4 Å². The monoisotopic (exact) mass is 388 g/mol. The molecule has 136 valence electrons. The van der Waals surface area contributed by atoms with Crippen molar-refractivity contribution in [2.24, 2.45) is 0 Å². The molecule has 0 atom stereocenters. The number of carbonyl (C=O) groups is 1. The molecule has 0 radical (unpaired) electrons. The van der Waals surface area contributed by atoms with Gasteiger partial charge in [-0.1, -0.05) is 23.7 Å². The largest absolute Gasteiger partial charge is 0.367 e. The second kappa shape index (κ2) is 8.49.